The van der Waals surface area contributed by atoms with Crippen LogP contribution < -0.4 is 9.88 Å². The topological polar surface area (TPSA) is 44.6 Å². The number of hydrogen-bond acceptors (Lipinski definition) is 2. The molecule has 2 N–H and O–H groups in total. The van der Waals surface area contributed by atoms with E-state index in [1.807, 2.05) is 0 Å². The van der Waals surface area contributed by atoms with Crippen molar-refractivity contribution in [3.63, 3.8) is 0 Å². The summed E-state index contributed by atoms with van der Waals surface area (Å²) in [6.07, 6.45) is 1.14. The van der Waals surface area contributed by atoms with Gasteiger partial charge in [-0.05, 0) is 23.1 Å². The molecule has 4 nitrogen and oxygen atoms in total. The van der Waals surface area contributed by atoms with E-state index in [9.17, 15) is 0 Å². The van der Waals surface area contributed by atoms with Crippen molar-refractivity contribution in [3.05, 3.63) is 29.8 Å². The minimum absolute atomic E-state index is 0.195. The van der Waals surface area contributed by atoms with Crippen molar-refractivity contribution in [1.82, 2.24) is 10.2 Å². The van der Waals surface area contributed by atoms with Crippen molar-refractivity contribution >= 4 is 5.95 Å². The minimum Gasteiger partial charge on any atom is -0.292 e. The van der Waals surface area contributed by atoms with Gasteiger partial charge in [0, 0.05) is 17.1 Å². The van der Waals surface area contributed by atoms with Crippen LogP contribution in [0.3, 0.4) is 0 Å². The lowest BCUT2D eigenvalue weighted by Gasteiger charge is -2.19. The second-order valence-corrected chi connectivity index (χ2v) is 6.16. The first-order chi connectivity index (χ1) is 9.05. The third kappa shape index (κ3) is 2.23. The Labute approximate surface area is 113 Å². The predicted octanol–water partition coefficient (Wildman–Crippen LogP) is 2.48. The second kappa shape index (κ2) is 4.37. The number of aromatic nitrogens is 3. The Morgan fingerprint density at radius 2 is 1.89 bits per heavy atom. The lowest BCUT2D eigenvalue weighted by atomic mass is 9.87. The van der Waals surface area contributed by atoms with Gasteiger partial charge < -0.3 is 0 Å². The van der Waals surface area contributed by atoms with Crippen LogP contribution in [0.5, 0.6) is 0 Å². The van der Waals surface area contributed by atoms with Crippen molar-refractivity contribution in [1.29, 1.82) is 0 Å². The smallest absolute Gasteiger partial charge is 0.292 e. The zero-order valence-corrected chi connectivity index (χ0v) is 11.8. The van der Waals surface area contributed by atoms with E-state index in [1.54, 1.807) is 0 Å². The molecular formula is C15H21N4+. The highest BCUT2D eigenvalue weighted by Gasteiger charge is 2.23. The molecule has 0 saturated heterocycles. The Morgan fingerprint density at radius 3 is 2.58 bits per heavy atom. The summed E-state index contributed by atoms with van der Waals surface area (Å²) in [6, 6.07) is 8.77. The Hall–Kier alpha value is -1.84. The molecule has 1 aliphatic rings. The van der Waals surface area contributed by atoms with Crippen molar-refractivity contribution in [2.45, 2.75) is 39.2 Å². The van der Waals surface area contributed by atoms with E-state index in [1.165, 1.54) is 11.1 Å². The van der Waals surface area contributed by atoms with Gasteiger partial charge in [-0.2, -0.15) is 5.10 Å². The summed E-state index contributed by atoms with van der Waals surface area (Å²) >= 11 is 0. The van der Waals surface area contributed by atoms with Gasteiger partial charge in [-0.25, -0.2) is 4.57 Å². The number of anilines is 1. The highest BCUT2D eigenvalue weighted by atomic mass is 15.4. The summed E-state index contributed by atoms with van der Waals surface area (Å²) in [5.74, 6) is 2.03. The molecule has 0 aliphatic carbocycles. The Balaban J connectivity index is 1.97. The molecule has 0 radical (unpaired) electrons. The number of hydrogen-bond donors (Lipinski definition) is 2. The summed E-state index contributed by atoms with van der Waals surface area (Å²) in [4.78, 5) is 0. The number of nitrogens with one attached hydrogen (secondary N) is 2. The third-order valence-corrected chi connectivity index (χ3v) is 3.66. The van der Waals surface area contributed by atoms with Gasteiger partial charge in [0.05, 0.1) is 13.1 Å². The van der Waals surface area contributed by atoms with Gasteiger partial charge in [0.2, 0.25) is 5.82 Å². The molecule has 1 aromatic heterocycles. The molecule has 0 atom stereocenters. The van der Waals surface area contributed by atoms with Crippen molar-refractivity contribution < 1.29 is 4.57 Å². The monoisotopic (exact) mass is 257 g/mol. The number of H-pyrrole nitrogens is 1. The summed E-state index contributed by atoms with van der Waals surface area (Å²) in [5.41, 5.74) is 2.74. The van der Waals surface area contributed by atoms with Crippen LogP contribution in [0.4, 0.5) is 5.95 Å². The zero-order valence-electron chi connectivity index (χ0n) is 11.8. The first kappa shape index (κ1) is 12.2. The number of aromatic amines is 1. The molecule has 19 heavy (non-hydrogen) atoms. The Bertz CT molecular complexity index is 575. The molecule has 2 heterocycles. The lowest BCUT2D eigenvalue weighted by molar-refractivity contribution is -0.675. The molecule has 2 aromatic rings. The lowest BCUT2D eigenvalue weighted by Crippen LogP contribution is -2.42. The van der Waals surface area contributed by atoms with Gasteiger partial charge in [0.15, 0.2) is 0 Å². The maximum atomic E-state index is 4.33. The second-order valence-electron chi connectivity index (χ2n) is 6.16. The highest BCUT2D eigenvalue weighted by molar-refractivity contribution is 5.53. The normalized spacial score (nSPS) is 14.9. The molecule has 100 valence electrons. The van der Waals surface area contributed by atoms with E-state index in [-0.39, 0.29) is 5.41 Å². The maximum absolute atomic E-state index is 4.33. The van der Waals surface area contributed by atoms with Gasteiger partial charge in [-0.15, -0.1) is 0 Å². The van der Waals surface area contributed by atoms with E-state index in [0.29, 0.717) is 0 Å². The summed E-state index contributed by atoms with van der Waals surface area (Å²) in [7, 11) is 0. The summed E-state index contributed by atoms with van der Waals surface area (Å²) in [5, 5.41) is 10.8. The van der Waals surface area contributed by atoms with Gasteiger partial charge in [0.25, 0.3) is 0 Å². The summed E-state index contributed by atoms with van der Waals surface area (Å²) < 4.78 is 2.22. The molecule has 0 saturated carbocycles. The largest absolute Gasteiger partial charge is 0.377 e. The van der Waals surface area contributed by atoms with E-state index >= 15 is 0 Å². The predicted molar refractivity (Wildman–Crippen MR) is 76.0 cm³/mol. The number of fused-ring (bicyclic) bond motifs is 1. The van der Waals surface area contributed by atoms with E-state index in [2.05, 4.69) is 65.1 Å². The fourth-order valence-electron chi connectivity index (χ4n) is 2.47. The molecular weight excluding hydrogens is 236 g/mol. The van der Waals surface area contributed by atoms with Crippen LogP contribution in [-0.2, 0) is 12.0 Å². The zero-order chi connectivity index (χ0) is 13.5. The van der Waals surface area contributed by atoms with Gasteiger partial charge in [0.1, 0.15) is 0 Å². The van der Waals surface area contributed by atoms with Crippen LogP contribution >= 0.6 is 0 Å². The van der Waals surface area contributed by atoms with Crippen molar-refractivity contribution in [3.8, 4) is 11.4 Å². The highest BCUT2D eigenvalue weighted by Crippen LogP contribution is 2.24. The first-order valence-corrected chi connectivity index (χ1v) is 6.89. The van der Waals surface area contributed by atoms with Crippen LogP contribution in [-0.4, -0.2) is 16.7 Å². The van der Waals surface area contributed by atoms with Gasteiger partial charge in [-0.1, -0.05) is 32.9 Å². The Kier molecular flexibility index (Phi) is 2.81. The molecule has 4 heteroatoms. The van der Waals surface area contributed by atoms with Crippen LogP contribution in [0.15, 0.2) is 24.3 Å². The quantitative estimate of drug-likeness (QED) is 0.771. The molecule has 0 amide bonds. The van der Waals surface area contributed by atoms with Gasteiger partial charge in [-0.3, -0.25) is 5.32 Å². The molecule has 0 unspecified atom stereocenters. The molecule has 3 rings (SSSR count). The van der Waals surface area contributed by atoms with Crippen molar-refractivity contribution in [2.24, 2.45) is 0 Å². The molecule has 0 fully saturated rings. The van der Waals surface area contributed by atoms with E-state index < -0.39 is 0 Å². The fourth-order valence-corrected chi connectivity index (χ4v) is 2.47. The number of rotatable bonds is 1. The Morgan fingerprint density at radius 1 is 1.16 bits per heavy atom. The van der Waals surface area contributed by atoms with Crippen LogP contribution in [0.25, 0.3) is 11.4 Å². The van der Waals surface area contributed by atoms with Crippen LogP contribution in [0, 0.1) is 0 Å². The fraction of sp³-hybridized carbons (Fsp3) is 0.467. The average Bonchev–Trinajstić information content (AvgIpc) is 2.82. The molecule has 0 bridgehead atoms. The number of benzene rings is 1. The van der Waals surface area contributed by atoms with Gasteiger partial charge >= 0.3 is 5.95 Å². The van der Waals surface area contributed by atoms with E-state index in [4.69, 9.17) is 0 Å². The standard InChI is InChI=1S/C15H20N4/c1-15(2,3)12-7-5-11(6-8-12)13-17-18-14-16-9-4-10-19(13)14/h5-8H,4,9-10H2,1-3H3,(H,16,18)/p+1. The van der Waals surface area contributed by atoms with Crippen LogP contribution in [0.2, 0.25) is 0 Å². The SMILES string of the molecule is CC(C)(C)c1ccc(-c2[nH]nc3[n+]2CCCN3)cc1. The molecule has 1 aliphatic heterocycles. The summed E-state index contributed by atoms with van der Waals surface area (Å²) in [6.45, 7) is 8.73. The maximum Gasteiger partial charge on any atom is 0.377 e. The minimum atomic E-state index is 0.195. The van der Waals surface area contributed by atoms with Crippen molar-refractivity contribution in [2.75, 3.05) is 11.9 Å². The first-order valence-electron chi connectivity index (χ1n) is 6.89. The van der Waals surface area contributed by atoms with Crippen LogP contribution in [0.1, 0.15) is 32.8 Å². The molecule has 1 aromatic carbocycles. The number of nitrogens with zero attached hydrogens (tertiary/aromatic N) is 2. The average molecular weight is 257 g/mol. The van der Waals surface area contributed by atoms with E-state index in [0.717, 1.165) is 31.3 Å². The third-order valence-electron chi connectivity index (χ3n) is 3.66. The molecule has 0 spiro atoms.